The lowest BCUT2D eigenvalue weighted by molar-refractivity contribution is 0.0256. The van der Waals surface area contributed by atoms with Gasteiger partial charge < -0.3 is 14.2 Å². The van der Waals surface area contributed by atoms with Crippen LogP contribution in [0.4, 0.5) is 18.0 Å². The molecule has 1 atom stereocenters. The summed E-state index contributed by atoms with van der Waals surface area (Å²) in [7, 11) is 1.60. The highest BCUT2D eigenvalue weighted by molar-refractivity contribution is 5.79. The predicted octanol–water partition coefficient (Wildman–Crippen LogP) is 2.91. The monoisotopic (exact) mass is 486 g/mol. The third-order valence-corrected chi connectivity index (χ3v) is 5.97. The van der Waals surface area contributed by atoms with Crippen molar-refractivity contribution in [2.75, 3.05) is 13.1 Å². The summed E-state index contributed by atoms with van der Waals surface area (Å²) in [5.41, 5.74) is 0.605. The summed E-state index contributed by atoms with van der Waals surface area (Å²) in [5, 5.41) is 5.25. The Labute approximate surface area is 197 Å². The minimum Gasteiger partial charge on any atom is -0.483 e. The van der Waals surface area contributed by atoms with Gasteiger partial charge in [-0.2, -0.15) is 5.10 Å². The SMILES string of the molecule is Cc1cn(C)c(=O)n1-c1cc(OC2CN(C(=O)N3N=CC[C@H]3c3cc(F)cc(F)c3)C2)c(F)cn1. The summed E-state index contributed by atoms with van der Waals surface area (Å²) in [6.07, 6.45) is 3.96. The predicted molar refractivity (Wildman–Crippen MR) is 119 cm³/mol. The quantitative estimate of drug-likeness (QED) is 0.568. The molecule has 0 N–H and O–H groups in total. The number of urea groups is 1. The Balaban J connectivity index is 1.26. The van der Waals surface area contributed by atoms with Crippen molar-refractivity contribution >= 4 is 12.2 Å². The zero-order valence-electron chi connectivity index (χ0n) is 18.9. The molecule has 0 saturated carbocycles. The van der Waals surface area contributed by atoms with E-state index in [1.807, 2.05) is 0 Å². The molecule has 2 aromatic heterocycles. The summed E-state index contributed by atoms with van der Waals surface area (Å²) in [6.45, 7) is 2.06. The smallest absolute Gasteiger partial charge is 0.341 e. The summed E-state index contributed by atoms with van der Waals surface area (Å²) >= 11 is 0. The number of imidazole rings is 1. The second kappa shape index (κ2) is 8.60. The maximum atomic E-state index is 14.4. The molecule has 2 aliphatic heterocycles. The molecule has 35 heavy (non-hydrogen) atoms. The van der Waals surface area contributed by atoms with Crippen LogP contribution in [0, 0.1) is 24.4 Å². The fourth-order valence-electron chi connectivity index (χ4n) is 4.24. The Kier molecular flexibility index (Phi) is 5.58. The Hall–Kier alpha value is -4.09. The van der Waals surface area contributed by atoms with Crippen molar-refractivity contribution in [2.45, 2.75) is 25.5 Å². The van der Waals surface area contributed by atoms with Crippen molar-refractivity contribution in [2.24, 2.45) is 12.1 Å². The number of amides is 2. The fourth-order valence-corrected chi connectivity index (χ4v) is 4.24. The van der Waals surface area contributed by atoms with Gasteiger partial charge in [0.25, 0.3) is 0 Å². The number of halogens is 3. The van der Waals surface area contributed by atoms with E-state index in [0.717, 1.165) is 12.3 Å². The number of carbonyl (C=O) groups excluding carboxylic acids is 1. The number of aryl methyl sites for hydroxylation is 2. The van der Waals surface area contributed by atoms with Crippen molar-refractivity contribution in [1.29, 1.82) is 0 Å². The molecule has 5 rings (SSSR count). The average molecular weight is 486 g/mol. The number of carbonyl (C=O) groups is 1. The van der Waals surface area contributed by atoms with E-state index < -0.39 is 35.6 Å². The molecule has 4 heterocycles. The van der Waals surface area contributed by atoms with Crippen LogP contribution in [0.5, 0.6) is 5.75 Å². The first-order valence-corrected chi connectivity index (χ1v) is 10.9. The number of pyridine rings is 1. The first-order valence-electron chi connectivity index (χ1n) is 10.9. The minimum absolute atomic E-state index is 0.0884. The van der Waals surface area contributed by atoms with Crippen molar-refractivity contribution in [3.8, 4) is 11.6 Å². The van der Waals surface area contributed by atoms with Gasteiger partial charge in [-0.1, -0.05) is 0 Å². The van der Waals surface area contributed by atoms with Gasteiger partial charge in [-0.05, 0) is 24.6 Å². The van der Waals surface area contributed by atoms with Crippen molar-refractivity contribution in [3.05, 3.63) is 75.9 Å². The normalized spacial score (nSPS) is 17.7. The molecule has 0 bridgehead atoms. The third-order valence-electron chi connectivity index (χ3n) is 5.97. The van der Waals surface area contributed by atoms with E-state index in [9.17, 15) is 22.8 Å². The van der Waals surface area contributed by atoms with Crippen LogP contribution in [0.25, 0.3) is 5.82 Å². The summed E-state index contributed by atoms with van der Waals surface area (Å²) in [4.78, 5) is 30.7. The number of ether oxygens (including phenoxy) is 1. The molecule has 0 aliphatic carbocycles. The van der Waals surface area contributed by atoms with E-state index in [0.29, 0.717) is 17.7 Å². The highest BCUT2D eigenvalue weighted by atomic mass is 19.1. The van der Waals surface area contributed by atoms with Crippen LogP contribution in [-0.4, -0.2) is 55.5 Å². The highest BCUT2D eigenvalue weighted by Crippen LogP contribution is 2.32. The Morgan fingerprint density at radius 3 is 2.49 bits per heavy atom. The van der Waals surface area contributed by atoms with Crippen LogP contribution >= 0.6 is 0 Å². The van der Waals surface area contributed by atoms with Gasteiger partial charge in [-0.3, -0.25) is 0 Å². The number of benzene rings is 1. The first-order chi connectivity index (χ1) is 16.7. The molecular weight excluding hydrogens is 465 g/mol. The zero-order chi connectivity index (χ0) is 24.9. The molecule has 0 unspecified atom stereocenters. The Morgan fingerprint density at radius 2 is 1.83 bits per heavy atom. The fraction of sp³-hybridized carbons (Fsp3) is 0.304. The molecule has 1 saturated heterocycles. The molecular formula is C23H21F3N6O3. The number of nitrogens with zero attached hydrogens (tertiary/aromatic N) is 6. The molecule has 3 aromatic rings. The van der Waals surface area contributed by atoms with E-state index in [-0.39, 0.29) is 30.3 Å². The summed E-state index contributed by atoms with van der Waals surface area (Å²) in [6, 6.07) is 3.38. The average Bonchev–Trinajstić information content (AvgIpc) is 3.35. The molecule has 2 amide bonds. The van der Waals surface area contributed by atoms with Gasteiger partial charge in [-0.25, -0.2) is 37.3 Å². The lowest BCUT2D eigenvalue weighted by atomic mass is 10.0. The molecule has 12 heteroatoms. The third kappa shape index (κ3) is 4.15. The molecule has 182 valence electrons. The molecule has 2 aliphatic rings. The lowest BCUT2D eigenvalue weighted by Crippen LogP contribution is -2.58. The van der Waals surface area contributed by atoms with E-state index in [4.69, 9.17) is 4.74 Å². The van der Waals surface area contributed by atoms with Crippen molar-refractivity contribution in [3.63, 3.8) is 0 Å². The second-order valence-electron chi connectivity index (χ2n) is 8.50. The van der Waals surface area contributed by atoms with Crippen molar-refractivity contribution in [1.82, 2.24) is 24.0 Å². The Morgan fingerprint density at radius 1 is 1.11 bits per heavy atom. The van der Waals surface area contributed by atoms with Gasteiger partial charge in [0, 0.05) is 43.7 Å². The highest BCUT2D eigenvalue weighted by Gasteiger charge is 2.39. The maximum absolute atomic E-state index is 14.4. The number of aromatic nitrogens is 3. The van der Waals surface area contributed by atoms with Gasteiger partial charge >= 0.3 is 11.7 Å². The van der Waals surface area contributed by atoms with Crippen LogP contribution in [0.2, 0.25) is 0 Å². The van der Waals surface area contributed by atoms with Crippen LogP contribution in [0.3, 0.4) is 0 Å². The second-order valence-corrected chi connectivity index (χ2v) is 8.50. The van der Waals surface area contributed by atoms with Gasteiger partial charge in [0.2, 0.25) is 0 Å². The first kappa shape index (κ1) is 22.7. The molecule has 0 spiro atoms. The number of hydrogen-bond acceptors (Lipinski definition) is 5. The minimum atomic E-state index is -0.733. The van der Waals surface area contributed by atoms with Gasteiger partial charge in [-0.15, -0.1) is 0 Å². The van der Waals surface area contributed by atoms with Crippen LogP contribution in [0.15, 0.2) is 46.6 Å². The van der Waals surface area contributed by atoms with Crippen LogP contribution < -0.4 is 10.4 Å². The van der Waals surface area contributed by atoms with Gasteiger partial charge in [0.1, 0.15) is 23.6 Å². The zero-order valence-corrected chi connectivity index (χ0v) is 18.9. The van der Waals surface area contributed by atoms with E-state index in [2.05, 4.69) is 10.1 Å². The largest absolute Gasteiger partial charge is 0.483 e. The van der Waals surface area contributed by atoms with E-state index >= 15 is 0 Å². The molecule has 1 fully saturated rings. The molecule has 9 nitrogen and oxygen atoms in total. The summed E-state index contributed by atoms with van der Waals surface area (Å²) < 4.78 is 50.1. The summed E-state index contributed by atoms with van der Waals surface area (Å²) in [5.74, 6) is -2.03. The van der Waals surface area contributed by atoms with Gasteiger partial charge in [0.15, 0.2) is 11.6 Å². The number of hydrazone groups is 1. The molecule has 0 radical (unpaired) electrons. The molecule has 1 aromatic carbocycles. The number of hydrogen-bond donors (Lipinski definition) is 0. The standard InChI is InChI=1S/C23H21F3N6O3/c1-13-10-29(2)22(33)31(13)21-8-20(18(26)9-27-21)35-17-11-30(12-17)23(34)32-19(3-4-28-32)14-5-15(24)7-16(25)6-14/h4-10,17,19H,3,11-12H2,1-2H3/t19-/m0/s1. The number of likely N-dealkylation sites (tertiary alicyclic amines) is 1. The number of rotatable bonds is 4. The Bertz CT molecular complexity index is 1380. The lowest BCUT2D eigenvalue weighted by Gasteiger charge is -2.41. The van der Waals surface area contributed by atoms with Crippen LogP contribution in [-0.2, 0) is 7.05 Å². The van der Waals surface area contributed by atoms with Gasteiger partial charge in [0.05, 0.1) is 25.3 Å². The van der Waals surface area contributed by atoms with E-state index in [1.165, 1.54) is 43.5 Å². The van der Waals surface area contributed by atoms with E-state index in [1.54, 1.807) is 20.2 Å². The maximum Gasteiger partial charge on any atom is 0.341 e. The van der Waals surface area contributed by atoms with Crippen molar-refractivity contribution < 1.29 is 22.7 Å². The van der Waals surface area contributed by atoms with Crippen LogP contribution in [0.1, 0.15) is 23.7 Å². The topological polar surface area (TPSA) is 85.0 Å².